The lowest BCUT2D eigenvalue weighted by molar-refractivity contribution is -0.113. The fourth-order valence-electron chi connectivity index (χ4n) is 4.15. The molecule has 0 unspecified atom stereocenters. The largest absolute Gasteiger partial charge is 0.489 e. The third-order valence-corrected chi connectivity index (χ3v) is 5.95. The first kappa shape index (κ1) is 22.3. The first-order chi connectivity index (χ1) is 17.0. The molecule has 5 rings (SSSR count). The highest BCUT2D eigenvalue weighted by Gasteiger charge is 2.35. The van der Waals surface area contributed by atoms with E-state index in [1.54, 1.807) is 16.8 Å². The zero-order chi connectivity index (χ0) is 24.4. The number of carbonyl (C=O) groups is 1. The van der Waals surface area contributed by atoms with E-state index in [1.165, 1.54) is 18.5 Å². The summed E-state index contributed by atoms with van der Waals surface area (Å²) in [7, 11) is 0. The van der Waals surface area contributed by atoms with Gasteiger partial charge in [0.1, 0.15) is 30.5 Å². The van der Waals surface area contributed by atoms with Crippen LogP contribution in [0.1, 0.15) is 29.7 Å². The van der Waals surface area contributed by atoms with E-state index in [4.69, 9.17) is 4.74 Å². The summed E-state index contributed by atoms with van der Waals surface area (Å²) in [5.41, 5.74) is 4.47. The predicted octanol–water partition coefficient (Wildman–Crippen LogP) is 5.23. The minimum atomic E-state index is -0.567. The molecule has 0 saturated carbocycles. The number of aromatic nitrogens is 3. The number of nitrogens with one attached hydrogen (secondary N) is 2. The molecule has 1 amide bonds. The van der Waals surface area contributed by atoms with E-state index in [0.29, 0.717) is 23.0 Å². The van der Waals surface area contributed by atoms with Crippen molar-refractivity contribution in [2.45, 2.75) is 26.5 Å². The van der Waals surface area contributed by atoms with Crippen LogP contribution in [-0.2, 0) is 11.4 Å². The number of para-hydroxylation sites is 2. The van der Waals surface area contributed by atoms with Crippen LogP contribution >= 0.6 is 0 Å². The highest BCUT2D eigenvalue weighted by Crippen LogP contribution is 2.39. The third-order valence-electron chi connectivity index (χ3n) is 5.95. The summed E-state index contributed by atoms with van der Waals surface area (Å²) in [5.74, 6) is 0.587. The lowest BCUT2D eigenvalue weighted by Crippen LogP contribution is -2.32. The summed E-state index contributed by atoms with van der Waals surface area (Å²) in [5, 5.41) is 10.6. The number of carbonyl (C=O) groups excluding carboxylic acids is 1. The van der Waals surface area contributed by atoms with Crippen molar-refractivity contribution in [2.24, 2.45) is 0 Å². The van der Waals surface area contributed by atoms with Crippen LogP contribution < -0.4 is 15.4 Å². The Kier molecular flexibility index (Phi) is 6.01. The number of halogens is 1. The van der Waals surface area contributed by atoms with Crippen molar-refractivity contribution in [3.63, 3.8) is 0 Å². The molecule has 0 spiro atoms. The van der Waals surface area contributed by atoms with E-state index in [2.05, 4.69) is 20.7 Å². The minimum absolute atomic E-state index is 0.246. The van der Waals surface area contributed by atoms with Crippen molar-refractivity contribution >= 4 is 17.5 Å². The van der Waals surface area contributed by atoms with Gasteiger partial charge in [-0.1, -0.05) is 48.5 Å². The van der Waals surface area contributed by atoms with E-state index in [-0.39, 0.29) is 18.3 Å². The maximum absolute atomic E-state index is 13.6. The smallest absolute Gasteiger partial charge is 0.255 e. The van der Waals surface area contributed by atoms with E-state index < -0.39 is 6.04 Å². The van der Waals surface area contributed by atoms with Gasteiger partial charge in [-0.3, -0.25) is 4.79 Å². The van der Waals surface area contributed by atoms with Crippen LogP contribution in [0.2, 0.25) is 0 Å². The van der Waals surface area contributed by atoms with Crippen LogP contribution in [0.4, 0.5) is 16.0 Å². The molecule has 0 saturated heterocycles. The fraction of sp³-hybridized carbons (Fsp3) is 0.148. The number of hydrogen-bond donors (Lipinski definition) is 2. The second kappa shape index (κ2) is 9.42. The monoisotopic (exact) mass is 469 g/mol. The van der Waals surface area contributed by atoms with Crippen molar-refractivity contribution in [1.29, 1.82) is 0 Å². The summed E-state index contributed by atoms with van der Waals surface area (Å²) in [6.07, 6.45) is 1.45. The number of hydrogen-bond acceptors (Lipinski definition) is 5. The van der Waals surface area contributed by atoms with E-state index in [1.807, 2.05) is 62.4 Å². The predicted molar refractivity (Wildman–Crippen MR) is 131 cm³/mol. The molecule has 0 bridgehead atoms. The molecule has 2 heterocycles. The van der Waals surface area contributed by atoms with E-state index in [9.17, 15) is 9.18 Å². The fourth-order valence-corrected chi connectivity index (χ4v) is 4.15. The minimum Gasteiger partial charge on any atom is -0.489 e. The molecule has 1 aliphatic heterocycles. The maximum atomic E-state index is 13.6. The standard InChI is InChI=1S/C27H24FN5O2/c1-17-7-3-5-9-22(17)32-26(34)24-18(2)31-27-29-16-30-33(27)25(24)21-8-4-6-10-23(21)35-15-19-11-13-20(28)14-12-19/h3-14,16,25H,15H2,1-2H3,(H,32,34)(H,29,30,31)/t25-/m1/s1. The van der Waals surface area contributed by atoms with Gasteiger partial charge in [-0.05, 0) is 49.2 Å². The topological polar surface area (TPSA) is 81.1 Å². The van der Waals surface area contributed by atoms with Crippen LogP contribution in [0.25, 0.3) is 0 Å². The van der Waals surface area contributed by atoms with Crippen molar-refractivity contribution in [3.05, 3.63) is 113 Å². The number of amides is 1. The first-order valence-corrected chi connectivity index (χ1v) is 11.2. The molecule has 1 atom stereocenters. The summed E-state index contributed by atoms with van der Waals surface area (Å²) in [4.78, 5) is 17.9. The Hall–Kier alpha value is -4.46. The number of anilines is 2. The Bertz CT molecular complexity index is 1410. The van der Waals surface area contributed by atoms with Crippen molar-refractivity contribution < 1.29 is 13.9 Å². The van der Waals surface area contributed by atoms with Gasteiger partial charge in [-0.15, -0.1) is 0 Å². The number of nitrogens with zero attached hydrogens (tertiary/aromatic N) is 3. The van der Waals surface area contributed by atoms with E-state index >= 15 is 0 Å². The van der Waals surface area contributed by atoms with Crippen molar-refractivity contribution in [3.8, 4) is 5.75 Å². The Morgan fingerprint density at radius 2 is 1.80 bits per heavy atom. The van der Waals surface area contributed by atoms with Crippen LogP contribution in [0, 0.1) is 12.7 Å². The SMILES string of the molecule is CC1=C(C(=O)Nc2ccccc2C)[C@@H](c2ccccc2OCc2ccc(F)cc2)n2ncnc2N1. The molecule has 35 heavy (non-hydrogen) atoms. The maximum Gasteiger partial charge on any atom is 0.255 e. The zero-order valence-electron chi connectivity index (χ0n) is 19.3. The average Bonchev–Trinajstić information content (AvgIpc) is 3.32. The summed E-state index contributed by atoms with van der Waals surface area (Å²) in [6, 6.07) is 20.8. The molecule has 8 heteroatoms. The summed E-state index contributed by atoms with van der Waals surface area (Å²) in [6.45, 7) is 4.04. The Morgan fingerprint density at radius 1 is 1.06 bits per heavy atom. The highest BCUT2D eigenvalue weighted by molar-refractivity contribution is 6.06. The number of allylic oxidation sites excluding steroid dienone is 1. The quantitative estimate of drug-likeness (QED) is 0.404. The Balaban J connectivity index is 1.52. The molecular formula is C27H24FN5O2. The van der Waals surface area contributed by atoms with Crippen LogP contribution in [0.5, 0.6) is 5.75 Å². The second-order valence-electron chi connectivity index (χ2n) is 8.32. The van der Waals surface area contributed by atoms with Gasteiger partial charge in [0, 0.05) is 16.9 Å². The molecule has 2 N–H and O–H groups in total. The first-order valence-electron chi connectivity index (χ1n) is 11.2. The van der Waals surface area contributed by atoms with E-state index in [0.717, 1.165) is 22.4 Å². The number of rotatable bonds is 6. The van der Waals surface area contributed by atoms with Gasteiger partial charge in [-0.25, -0.2) is 9.07 Å². The lowest BCUT2D eigenvalue weighted by atomic mass is 9.94. The third kappa shape index (κ3) is 4.50. The van der Waals surface area contributed by atoms with Crippen LogP contribution in [0.3, 0.4) is 0 Å². The van der Waals surface area contributed by atoms with Gasteiger partial charge < -0.3 is 15.4 Å². The van der Waals surface area contributed by atoms with Gasteiger partial charge in [0.2, 0.25) is 5.95 Å². The lowest BCUT2D eigenvalue weighted by Gasteiger charge is -2.30. The molecule has 0 radical (unpaired) electrons. The van der Waals surface area contributed by atoms with Gasteiger partial charge in [0.05, 0.1) is 5.57 Å². The number of aryl methyl sites for hydroxylation is 1. The van der Waals surface area contributed by atoms with Gasteiger partial charge in [0.25, 0.3) is 5.91 Å². The number of fused-ring (bicyclic) bond motifs is 1. The molecule has 176 valence electrons. The second-order valence-corrected chi connectivity index (χ2v) is 8.32. The van der Waals surface area contributed by atoms with Gasteiger partial charge >= 0.3 is 0 Å². The zero-order valence-corrected chi connectivity index (χ0v) is 19.3. The molecule has 7 nitrogen and oxygen atoms in total. The molecule has 1 aromatic heterocycles. The van der Waals surface area contributed by atoms with Crippen LogP contribution in [-0.4, -0.2) is 20.7 Å². The van der Waals surface area contributed by atoms with Crippen molar-refractivity contribution in [2.75, 3.05) is 10.6 Å². The molecule has 4 aromatic rings. The van der Waals surface area contributed by atoms with Gasteiger partial charge in [0.15, 0.2) is 0 Å². The molecular weight excluding hydrogens is 445 g/mol. The Morgan fingerprint density at radius 3 is 2.60 bits per heavy atom. The van der Waals surface area contributed by atoms with Crippen molar-refractivity contribution in [1.82, 2.24) is 14.8 Å². The molecule has 3 aromatic carbocycles. The average molecular weight is 470 g/mol. The molecule has 0 aliphatic carbocycles. The highest BCUT2D eigenvalue weighted by atomic mass is 19.1. The Labute approximate surface area is 202 Å². The molecule has 1 aliphatic rings. The van der Waals surface area contributed by atoms with Gasteiger partial charge in [-0.2, -0.15) is 10.1 Å². The summed E-state index contributed by atoms with van der Waals surface area (Å²) >= 11 is 0. The molecule has 0 fully saturated rings. The van der Waals surface area contributed by atoms with Crippen LogP contribution in [0.15, 0.2) is 90.4 Å². The number of benzene rings is 3. The normalized spacial score (nSPS) is 14.8. The summed E-state index contributed by atoms with van der Waals surface area (Å²) < 4.78 is 21.1. The number of ether oxygens (including phenoxy) is 1.